The summed E-state index contributed by atoms with van der Waals surface area (Å²) in [6, 6.07) is 6.91. The van der Waals surface area contributed by atoms with Gasteiger partial charge in [0.05, 0.1) is 10.6 Å². The predicted octanol–water partition coefficient (Wildman–Crippen LogP) is 3.00. The van der Waals surface area contributed by atoms with Gasteiger partial charge in [-0.1, -0.05) is 42.3 Å². The van der Waals surface area contributed by atoms with E-state index >= 15 is 0 Å². The molecule has 102 valence electrons. The number of hydrogen-bond donors (Lipinski definition) is 1. The van der Waals surface area contributed by atoms with Crippen LogP contribution in [0.2, 0.25) is 0 Å². The van der Waals surface area contributed by atoms with E-state index in [0.29, 0.717) is 4.90 Å². The van der Waals surface area contributed by atoms with Gasteiger partial charge < -0.3 is 5.32 Å². The summed E-state index contributed by atoms with van der Waals surface area (Å²) < 4.78 is 25.4. The van der Waals surface area contributed by atoms with Crippen LogP contribution in [0.25, 0.3) is 0 Å². The third-order valence-electron chi connectivity index (χ3n) is 2.71. The Morgan fingerprint density at radius 2 is 2.06 bits per heavy atom. The Morgan fingerprint density at radius 3 is 2.61 bits per heavy atom. The lowest BCUT2D eigenvalue weighted by Crippen LogP contribution is -2.35. The Labute approximate surface area is 118 Å². The second-order valence-corrected chi connectivity index (χ2v) is 7.23. The van der Waals surface area contributed by atoms with Crippen LogP contribution in [-0.4, -0.2) is 26.8 Å². The van der Waals surface area contributed by atoms with Crippen molar-refractivity contribution in [2.24, 2.45) is 0 Å². The van der Waals surface area contributed by atoms with Crippen molar-refractivity contribution in [3.05, 3.63) is 28.7 Å². The van der Waals surface area contributed by atoms with Crippen molar-refractivity contribution in [3.63, 3.8) is 0 Å². The van der Waals surface area contributed by atoms with E-state index in [4.69, 9.17) is 0 Å². The zero-order valence-corrected chi connectivity index (χ0v) is 13.2. The smallest absolute Gasteiger partial charge is 0.179 e. The van der Waals surface area contributed by atoms with Gasteiger partial charge in [0.25, 0.3) is 0 Å². The second-order valence-electron chi connectivity index (χ2n) is 4.28. The predicted molar refractivity (Wildman–Crippen MR) is 78.6 cm³/mol. The van der Waals surface area contributed by atoms with Gasteiger partial charge in [-0.25, -0.2) is 8.42 Å². The number of nitrogens with one attached hydrogen (secondary N) is 1. The van der Waals surface area contributed by atoms with Gasteiger partial charge in [-0.2, -0.15) is 0 Å². The first-order chi connectivity index (χ1) is 8.49. The van der Waals surface area contributed by atoms with Crippen molar-refractivity contribution in [1.82, 2.24) is 5.32 Å². The molecule has 0 aliphatic heterocycles. The summed E-state index contributed by atoms with van der Waals surface area (Å²) in [5.41, 5.74) is 0. The largest absolute Gasteiger partial charge is 0.313 e. The normalized spacial score (nSPS) is 13.5. The lowest BCUT2D eigenvalue weighted by molar-refractivity contribution is 0.512. The van der Waals surface area contributed by atoms with Gasteiger partial charge in [0.2, 0.25) is 0 Å². The molecule has 0 saturated carbocycles. The fraction of sp³-hybridized carbons (Fsp3) is 0.538. The van der Waals surface area contributed by atoms with E-state index in [9.17, 15) is 8.42 Å². The average molecular weight is 334 g/mol. The van der Waals surface area contributed by atoms with Gasteiger partial charge in [-0.15, -0.1) is 0 Å². The summed E-state index contributed by atoms with van der Waals surface area (Å²) in [6.45, 7) is 4.85. The van der Waals surface area contributed by atoms with E-state index in [0.717, 1.165) is 23.9 Å². The molecule has 5 heteroatoms. The van der Waals surface area contributed by atoms with Crippen molar-refractivity contribution in [2.45, 2.75) is 37.6 Å². The fourth-order valence-corrected chi connectivity index (χ4v) is 4.05. The molecule has 1 N–H and O–H groups in total. The maximum absolute atomic E-state index is 12.3. The van der Waals surface area contributed by atoms with Gasteiger partial charge in [0, 0.05) is 10.5 Å². The van der Waals surface area contributed by atoms with E-state index in [-0.39, 0.29) is 11.8 Å². The highest BCUT2D eigenvalue weighted by Gasteiger charge is 2.20. The first-order valence-electron chi connectivity index (χ1n) is 6.21. The van der Waals surface area contributed by atoms with Crippen molar-refractivity contribution >= 4 is 25.8 Å². The highest BCUT2D eigenvalue weighted by Crippen LogP contribution is 2.18. The van der Waals surface area contributed by atoms with Crippen molar-refractivity contribution in [3.8, 4) is 0 Å². The fourth-order valence-electron chi connectivity index (χ4n) is 1.90. The highest BCUT2D eigenvalue weighted by atomic mass is 79.9. The summed E-state index contributed by atoms with van der Waals surface area (Å²) in [4.78, 5) is 0.385. The van der Waals surface area contributed by atoms with E-state index in [2.05, 4.69) is 28.2 Å². The molecule has 1 unspecified atom stereocenters. The van der Waals surface area contributed by atoms with Crippen LogP contribution in [-0.2, 0) is 9.84 Å². The molecule has 0 aromatic heterocycles. The number of halogens is 1. The molecule has 0 saturated heterocycles. The summed E-state index contributed by atoms with van der Waals surface area (Å²) in [5, 5.41) is 3.23. The molecule has 1 atom stereocenters. The molecule has 0 fully saturated rings. The van der Waals surface area contributed by atoms with Gasteiger partial charge in [0.15, 0.2) is 9.84 Å². The quantitative estimate of drug-likeness (QED) is 0.834. The summed E-state index contributed by atoms with van der Waals surface area (Å²) >= 11 is 3.30. The lowest BCUT2D eigenvalue weighted by Gasteiger charge is -2.17. The molecule has 1 aromatic carbocycles. The molecule has 0 spiro atoms. The van der Waals surface area contributed by atoms with E-state index in [1.807, 2.05) is 13.0 Å². The van der Waals surface area contributed by atoms with Crippen LogP contribution in [0.1, 0.15) is 26.7 Å². The van der Waals surface area contributed by atoms with Crippen molar-refractivity contribution < 1.29 is 8.42 Å². The van der Waals surface area contributed by atoms with Gasteiger partial charge in [0.1, 0.15) is 0 Å². The maximum atomic E-state index is 12.3. The molecule has 1 aromatic rings. The van der Waals surface area contributed by atoms with E-state index in [1.165, 1.54) is 0 Å². The second kappa shape index (κ2) is 7.26. The van der Waals surface area contributed by atoms with E-state index in [1.54, 1.807) is 18.2 Å². The summed E-state index contributed by atoms with van der Waals surface area (Å²) in [7, 11) is -3.22. The molecule has 18 heavy (non-hydrogen) atoms. The SMILES string of the molecule is CCCC(CS(=O)(=O)c1cccc(Br)c1)NCC. The molecule has 1 rings (SSSR count). The van der Waals surface area contributed by atoms with Gasteiger partial charge >= 0.3 is 0 Å². The molecule has 0 aliphatic rings. The molecular formula is C13H20BrNO2S. The van der Waals surface area contributed by atoms with Crippen LogP contribution in [0.4, 0.5) is 0 Å². The third-order valence-corrected chi connectivity index (χ3v) is 5.01. The molecule has 0 bridgehead atoms. The minimum absolute atomic E-state index is 0.0315. The summed E-state index contributed by atoms with van der Waals surface area (Å²) in [6.07, 6.45) is 1.85. The minimum Gasteiger partial charge on any atom is -0.313 e. The minimum atomic E-state index is -3.22. The first-order valence-corrected chi connectivity index (χ1v) is 8.65. The van der Waals surface area contributed by atoms with Crippen molar-refractivity contribution in [2.75, 3.05) is 12.3 Å². The Kier molecular flexibility index (Phi) is 6.32. The Balaban J connectivity index is 2.86. The van der Waals surface area contributed by atoms with Crippen molar-refractivity contribution in [1.29, 1.82) is 0 Å². The van der Waals surface area contributed by atoms with Crippen LogP contribution >= 0.6 is 15.9 Å². The zero-order chi connectivity index (χ0) is 13.6. The van der Waals surface area contributed by atoms with Crippen LogP contribution < -0.4 is 5.32 Å². The molecule has 0 radical (unpaired) electrons. The molecular weight excluding hydrogens is 314 g/mol. The number of benzene rings is 1. The van der Waals surface area contributed by atoms with Gasteiger partial charge in [-0.05, 0) is 31.2 Å². The number of sulfone groups is 1. The maximum Gasteiger partial charge on any atom is 0.179 e. The van der Waals surface area contributed by atoms with E-state index < -0.39 is 9.84 Å². The van der Waals surface area contributed by atoms with Gasteiger partial charge in [-0.3, -0.25) is 0 Å². The molecule has 0 amide bonds. The Bertz CT molecular complexity index is 468. The molecule has 0 aliphatic carbocycles. The lowest BCUT2D eigenvalue weighted by atomic mass is 10.2. The van der Waals surface area contributed by atoms with Crippen LogP contribution in [0.5, 0.6) is 0 Å². The van der Waals surface area contributed by atoms with Crippen LogP contribution in [0, 0.1) is 0 Å². The zero-order valence-electron chi connectivity index (χ0n) is 10.8. The highest BCUT2D eigenvalue weighted by molar-refractivity contribution is 9.10. The Hall–Kier alpha value is -0.390. The Morgan fingerprint density at radius 1 is 1.33 bits per heavy atom. The topological polar surface area (TPSA) is 46.2 Å². The standard InChI is InChI=1S/C13H20BrNO2S/c1-3-6-12(15-4-2)10-18(16,17)13-8-5-7-11(14)9-13/h5,7-9,12,15H,3-4,6,10H2,1-2H3. The monoisotopic (exact) mass is 333 g/mol. The molecule has 3 nitrogen and oxygen atoms in total. The summed E-state index contributed by atoms with van der Waals surface area (Å²) in [5.74, 6) is 0.158. The first kappa shape index (κ1) is 15.7. The third kappa shape index (κ3) is 4.71. The van der Waals surface area contributed by atoms with Crippen LogP contribution in [0.15, 0.2) is 33.6 Å². The molecule has 0 heterocycles. The number of rotatable bonds is 7. The van der Waals surface area contributed by atoms with Crippen LogP contribution in [0.3, 0.4) is 0 Å². The number of hydrogen-bond acceptors (Lipinski definition) is 3. The average Bonchev–Trinajstić information content (AvgIpc) is 2.29.